The number of alkyl halides is 3. The maximum atomic E-state index is 13.4. The minimum absolute atomic E-state index is 0.0156. The van der Waals surface area contributed by atoms with Crippen LogP contribution in [0.15, 0.2) is 35.2 Å². The van der Waals surface area contributed by atoms with Crippen LogP contribution in [-0.4, -0.2) is 25.7 Å². The summed E-state index contributed by atoms with van der Waals surface area (Å²) in [7, 11) is -5.69. The number of benzene rings is 2. The van der Waals surface area contributed by atoms with E-state index in [0.29, 0.717) is 11.1 Å². The number of ether oxygens (including phenoxy) is 1. The quantitative estimate of drug-likeness (QED) is 0.790. The molecule has 27 heavy (non-hydrogen) atoms. The van der Waals surface area contributed by atoms with Gasteiger partial charge in [0.25, 0.3) is 9.84 Å². The normalized spacial score (nSPS) is 14.0. The number of hydrogen-bond acceptors (Lipinski definition) is 6. The highest BCUT2D eigenvalue weighted by molar-refractivity contribution is 7.92. The fourth-order valence-corrected chi connectivity index (χ4v) is 3.65. The number of anilines is 1. The first-order valence-corrected chi connectivity index (χ1v) is 8.85. The third-order valence-electron chi connectivity index (χ3n) is 3.91. The van der Waals surface area contributed by atoms with Gasteiger partial charge in [-0.15, -0.1) is 0 Å². The van der Waals surface area contributed by atoms with Crippen molar-refractivity contribution in [2.24, 2.45) is 0 Å². The van der Waals surface area contributed by atoms with Gasteiger partial charge in [0.05, 0.1) is 11.3 Å². The van der Waals surface area contributed by atoms with Gasteiger partial charge in [0.2, 0.25) is 0 Å². The number of halogens is 4. The average molecular weight is 402 g/mol. The Balaban J connectivity index is 2.10. The molecule has 0 saturated carbocycles. The molecule has 0 radical (unpaired) electrons. The summed E-state index contributed by atoms with van der Waals surface area (Å²) < 4.78 is 81.1. The lowest BCUT2D eigenvalue weighted by Gasteiger charge is -2.18. The van der Waals surface area contributed by atoms with E-state index in [-0.39, 0.29) is 35.6 Å². The van der Waals surface area contributed by atoms with Gasteiger partial charge in [-0.1, -0.05) is 0 Å². The molecule has 11 heteroatoms. The Morgan fingerprint density at radius 2 is 1.93 bits per heavy atom. The summed E-state index contributed by atoms with van der Waals surface area (Å²) in [5.74, 6) is -0.764. The number of fused-ring (bicyclic) bond motifs is 1. The number of rotatable bonds is 3. The summed E-state index contributed by atoms with van der Waals surface area (Å²) in [5, 5.41) is 19.1. The zero-order valence-corrected chi connectivity index (χ0v) is 14.1. The Bertz CT molecular complexity index is 1060. The molecule has 0 atom stereocenters. The van der Waals surface area contributed by atoms with Gasteiger partial charge >= 0.3 is 5.51 Å². The van der Waals surface area contributed by atoms with E-state index in [9.17, 15) is 31.2 Å². The molecule has 3 rings (SSSR count). The average Bonchev–Trinajstić information content (AvgIpc) is 2.98. The largest absolute Gasteiger partial charge is 0.501 e. The minimum Gasteiger partial charge on any atom is -0.457 e. The topological polar surface area (TPSA) is 90.6 Å². The third kappa shape index (κ3) is 3.17. The molecule has 0 bridgehead atoms. The molecule has 6 nitrogen and oxygen atoms in total. The van der Waals surface area contributed by atoms with Crippen LogP contribution in [0.1, 0.15) is 11.1 Å². The van der Waals surface area contributed by atoms with Crippen LogP contribution in [0.5, 0.6) is 11.5 Å². The third-order valence-corrected chi connectivity index (χ3v) is 5.43. The molecule has 0 amide bonds. The predicted molar refractivity (Wildman–Crippen MR) is 83.7 cm³/mol. The molecule has 0 unspecified atom stereocenters. The molecule has 1 aliphatic heterocycles. The van der Waals surface area contributed by atoms with Crippen molar-refractivity contribution in [1.29, 1.82) is 5.26 Å². The van der Waals surface area contributed by atoms with Gasteiger partial charge in [0.15, 0.2) is 0 Å². The van der Waals surface area contributed by atoms with Crippen LogP contribution in [0, 0.1) is 17.1 Å². The fourth-order valence-electron chi connectivity index (χ4n) is 2.67. The van der Waals surface area contributed by atoms with Crippen molar-refractivity contribution in [3.63, 3.8) is 0 Å². The van der Waals surface area contributed by atoms with Crippen molar-refractivity contribution in [3.05, 3.63) is 47.3 Å². The predicted octanol–water partition coefficient (Wildman–Crippen LogP) is 3.53. The van der Waals surface area contributed by atoms with Crippen LogP contribution in [0.2, 0.25) is 0 Å². The molecule has 0 aromatic heterocycles. The second kappa shape index (κ2) is 6.40. The number of nitrogens with zero attached hydrogens (tertiary/aromatic N) is 2. The summed E-state index contributed by atoms with van der Waals surface area (Å²) in [5.41, 5.74) is -6.31. The van der Waals surface area contributed by atoms with Crippen molar-refractivity contribution < 1.29 is 35.9 Å². The summed E-state index contributed by atoms with van der Waals surface area (Å²) >= 11 is 0. The summed E-state index contributed by atoms with van der Waals surface area (Å²) in [6, 6.07) is 6.59. The highest BCUT2D eigenvalue weighted by Crippen LogP contribution is 2.44. The molecular formula is C16H10F4N2O4S. The van der Waals surface area contributed by atoms with Crippen LogP contribution in [-0.2, 0) is 16.3 Å². The molecule has 1 aliphatic rings. The fraction of sp³-hybridized carbons (Fsp3) is 0.188. The van der Waals surface area contributed by atoms with Gasteiger partial charge < -0.3 is 4.74 Å². The van der Waals surface area contributed by atoms with E-state index in [4.69, 9.17) is 10.00 Å². The second-order valence-corrected chi connectivity index (χ2v) is 7.48. The van der Waals surface area contributed by atoms with Crippen molar-refractivity contribution in [2.45, 2.75) is 16.8 Å². The van der Waals surface area contributed by atoms with E-state index in [1.807, 2.05) is 0 Å². The number of nitriles is 1. The van der Waals surface area contributed by atoms with Crippen molar-refractivity contribution >= 4 is 15.5 Å². The standard InChI is InChI=1S/C16H10F4N2O4S/c17-12-2-1-10(7-9(12)8-21)26-13-3-4-14(27(24,25)16(18,19)20)15-11(13)5-6-22(15)23/h1-4,7,23H,5-6H2. The zero-order valence-electron chi connectivity index (χ0n) is 13.3. The Kier molecular flexibility index (Phi) is 4.49. The Hall–Kier alpha value is -2.84. The van der Waals surface area contributed by atoms with E-state index in [0.717, 1.165) is 18.2 Å². The molecule has 0 saturated heterocycles. The van der Waals surface area contributed by atoms with Gasteiger partial charge in [0, 0.05) is 18.2 Å². The van der Waals surface area contributed by atoms with E-state index in [2.05, 4.69) is 0 Å². The smallest absolute Gasteiger partial charge is 0.457 e. The van der Waals surface area contributed by atoms with Gasteiger partial charge in [-0.3, -0.25) is 10.3 Å². The van der Waals surface area contributed by atoms with Crippen LogP contribution >= 0.6 is 0 Å². The highest BCUT2D eigenvalue weighted by Gasteiger charge is 2.49. The van der Waals surface area contributed by atoms with E-state index < -0.39 is 31.7 Å². The van der Waals surface area contributed by atoms with Gasteiger partial charge in [-0.25, -0.2) is 12.8 Å². The van der Waals surface area contributed by atoms with Crippen LogP contribution < -0.4 is 9.80 Å². The number of sulfone groups is 1. The van der Waals surface area contributed by atoms with E-state index >= 15 is 0 Å². The molecule has 0 aliphatic carbocycles. The summed E-state index contributed by atoms with van der Waals surface area (Å²) in [4.78, 5) is -1.09. The Labute approximate surface area is 150 Å². The second-order valence-electron chi connectivity index (χ2n) is 5.57. The molecule has 1 N–H and O–H groups in total. The maximum Gasteiger partial charge on any atom is 0.501 e. The Morgan fingerprint density at radius 3 is 2.56 bits per heavy atom. The minimum atomic E-state index is -5.69. The van der Waals surface area contributed by atoms with E-state index in [1.54, 1.807) is 6.07 Å². The van der Waals surface area contributed by atoms with Crippen LogP contribution in [0.3, 0.4) is 0 Å². The summed E-state index contributed by atoms with van der Waals surface area (Å²) in [6.45, 7) is -0.136. The van der Waals surface area contributed by atoms with Gasteiger partial charge in [-0.2, -0.15) is 18.4 Å². The van der Waals surface area contributed by atoms with Crippen LogP contribution in [0.4, 0.5) is 23.2 Å². The van der Waals surface area contributed by atoms with Crippen LogP contribution in [0.25, 0.3) is 0 Å². The maximum absolute atomic E-state index is 13.4. The monoisotopic (exact) mass is 402 g/mol. The SMILES string of the molecule is N#Cc1cc(Oc2ccc(S(=O)(=O)C(F)(F)F)c3c2CCN3O)ccc1F. The summed E-state index contributed by atoms with van der Waals surface area (Å²) in [6.07, 6.45) is 0.0225. The molecular weight excluding hydrogens is 392 g/mol. The van der Waals surface area contributed by atoms with Gasteiger partial charge in [-0.05, 0) is 30.7 Å². The first kappa shape index (κ1) is 18.9. The molecule has 2 aromatic rings. The lowest BCUT2D eigenvalue weighted by atomic mass is 10.1. The zero-order chi connectivity index (χ0) is 20.0. The van der Waals surface area contributed by atoms with Gasteiger partial charge in [0.1, 0.15) is 28.3 Å². The molecule has 0 fully saturated rings. The number of hydrogen-bond donors (Lipinski definition) is 1. The first-order chi connectivity index (χ1) is 12.6. The molecule has 1 heterocycles. The lowest BCUT2D eigenvalue weighted by Crippen LogP contribution is -2.26. The number of hydroxylamine groups is 1. The molecule has 142 valence electrons. The Morgan fingerprint density at radius 1 is 1.22 bits per heavy atom. The van der Waals surface area contributed by atoms with Crippen molar-refractivity contribution in [1.82, 2.24) is 0 Å². The van der Waals surface area contributed by atoms with Crippen molar-refractivity contribution in [2.75, 3.05) is 11.6 Å². The van der Waals surface area contributed by atoms with Crippen molar-refractivity contribution in [3.8, 4) is 17.6 Å². The highest BCUT2D eigenvalue weighted by atomic mass is 32.2. The molecule has 0 spiro atoms. The lowest BCUT2D eigenvalue weighted by molar-refractivity contribution is -0.0436. The molecule has 2 aromatic carbocycles. The first-order valence-electron chi connectivity index (χ1n) is 7.37. The van der Waals surface area contributed by atoms with E-state index in [1.165, 1.54) is 6.07 Å².